The van der Waals surface area contributed by atoms with Crippen molar-refractivity contribution in [3.63, 3.8) is 0 Å². The largest absolute Gasteiger partial charge is 0.573 e. The molecule has 0 unspecified atom stereocenters. The summed E-state index contributed by atoms with van der Waals surface area (Å²) >= 11 is 0. The van der Waals surface area contributed by atoms with Gasteiger partial charge in [-0.1, -0.05) is 0 Å². The number of aromatic amines is 1. The molecule has 0 amide bonds. The fourth-order valence-electron chi connectivity index (χ4n) is 3.88. The number of H-pyrrole nitrogens is 1. The second kappa shape index (κ2) is 6.77. The van der Waals surface area contributed by atoms with E-state index in [1.807, 2.05) is 0 Å². The number of hydrogen-bond donors (Lipinski definition) is 2. The smallest absolute Gasteiger partial charge is 0.406 e. The lowest BCUT2D eigenvalue weighted by molar-refractivity contribution is -0.274. The molecule has 148 valence electrons. The van der Waals surface area contributed by atoms with Crippen molar-refractivity contribution in [2.45, 2.75) is 25.1 Å². The first kappa shape index (κ1) is 18.7. The molecule has 3 aromatic rings. The molecule has 3 N–H and O–H groups in total. The third kappa shape index (κ3) is 3.44. The van der Waals surface area contributed by atoms with Crippen molar-refractivity contribution < 1.29 is 26.7 Å². The Kier molecular flexibility index (Phi) is 4.53. The van der Waals surface area contributed by atoms with E-state index in [0.29, 0.717) is 29.1 Å². The maximum atomic E-state index is 14.3. The van der Waals surface area contributed by atoms with Crippen molar-refractivity contribution in [2.75, 3.05) is 6.54 Å². The van der Waals surface area contributed by atoms with Gasteiger partial charge in [0, 0.05) is 11.5 Å². The lowest BCUT2D eigenvalue weighted by atomic mass is 9.70. The van der Waals surface area contributed by atoms with Gasteiger partial charge in [0.2, 0.25) is 0 Å². The van der Waals surface area contributed by atoms with E-state index in [2.05, 4.69) is 9.72 Å². The number of rotatable bonds is 4. The van der Waals surface area contributed by atoms with Crippen LogP contribution in [-0.4, -0.2) is 17.9 Å². The minimum Gasteiger partial charge on any atom is -0.406 e. The summed E-state index contributed by atoms with van der Waals surface area (Å²) in [5.74, 6) is -1.32. The summed E-state index contributed by atoms with van der Waals surface area (Å²) in [6, 6.07) is 7.39. The zero-order chi connectivity index (χ0) is 20.1. The summed E-state index contributed by atoms with van der Waals surface area (Å²) in [6.45, 7) is 0.542. The van der Waals surface area contributed by atoms with E-state index in [4.69, 9.17) is 5.73 Å². The number of benzene rings is 2. The second-order valence-electron chi connectivity index (χ2n) is 7.07. The van der Waals surface area contributed by atoms with Gasteiger partial charge in [-0.2, -0.15) is 0 Å². The predicted octanol–water partition coefficient (Wildman–Crippen LogP) is 5.46. The van der Waals surface area contributed by atoms with E-state index < -0.39 is 18.0 Å². The third-order valence-corrected chi connectivity index (χ3v) is 5.22. The van der Waals surface area contributed by atoms with Crippen LogP contribution < -0.4 is 10.5 Å². The Labute approximate surface area is 157 Å². The zero-order valence-electron chi connectivity index (χ0n) is 14.6. The van der Waals surface area contributed by atoms with E-state index in [-0.39, 0.29) is 17.2 Å². The number of alkyl halides is 3. The van der Waals surface area contributed by atoms with Crippen LogP contribution in [0.15, 0.2) is 36.4 Å². The van der Waals surface area contributed by atoms with Gasteiger partial charge in [-0.3, -0.25) is 0 Å². The zero-order valence-corrected chi connectivity index (χ0v) is 14.6. The lowest BCUT2D eigenvalue weighted by Crippen LogP contribution is -2.28. The van der Waals surface area contributed by atoms with Crippen molar-refractivity contribution in [2.24, 2.45) is 11.7 Å². The highest BCUT2D eigenvalue weighted by molar-refractivity contribution is 5.92. The summed E-state index contributed by atoms with van der Waals surface area (Å²) in [7, 11) is 0. The van der Waals surface area contributed by atoms with Crippen LogP contribution in [0.2, 0.25) is 0 Å². The first-order chi connectivity index (χ1) is 13.2. The van der Waals surface area contributed by atoms with Crippen LogP contribution in [0.3, 0.4) is 0 Å². The Morgan fingerprint density at radius 1 is 1.07 bits per heavy atom. The molecule has 1 fully saturated rings. The molecular weight excluding hydrogens is 379 g/mol. The SMILES string of the molecule is NCC1CC(c2c(-c3ccc(OC(F)(F)F)cc3)[nH]c3c(F)cc(F)cc23)C1. The van der Waals surface area contributed by atoms with Gasteiger partial charge in [-0.15, -0.1) is 13.2 Å². The molecule has 28 heavy (non-hydrogen) atoms. The maximum absolute atomic E-state index is 14.3. The molecule has 1 aromatic heterocycles. The molecule has 0 spiro atoms. The topological polar surface area (TPSA) is 51.0 Å². The second-order valence-corrected chi connectivity index (χ2v) is 7.07. The average Bonchev–Trinajstić information content (AvgIpc) is 2.93. The number of halogens is 5. The summed E-state index contributed by atoms with van der Waals surface area (Å²) in [5, 5.41) is 0.448. The molecule has 1 aliphatic carbocycles. The van der Waals surface area contributed by atoms with Crippen LogP contribution in [0, 0.1) is 17.6 Å². The molecule has 1 saturated carbocycles. The number of aromatic nitrogens is 1. The molecule has 1 heterocycles. The fourth-order valence-corrected chi connectivity index (χ4v) is 3.88. The van der Waals surface area contributed by atoms with E-state index >= 15 is 0 Å². The molecule has 0 radical (unpaired) electrons. The highest BCUT2D eigenvalue weighted by Crippen LogP contribution is 2.48. The monoisotopic (exact) mass is 396 g/mol. The first-order valence-electron chi connectivity index (χ1n) is 8.82. The minimum atomic E-state index is -4.78. The molecule has 1 aliphatic rings. The van der Waals surface area contributed by atoms with Crippen molar-refractivity contribution in [3.8, 4) is 17.0 Å². The first-order valence-corrected chi connectivity index (χ1v) is 8.82. The molecule has 0 atom stereocenters. The van der Waals surface area contributed by atoms with Gasteiger partial charge >= 0.3 is 6.36 Å². The van der Waals surface area contributed by atoms with Gasteiger partial charge in [-0.05, 0) is 72.7 Å². The minimum absolute atomic E-state index is 0.0737. The molecule has 4 rings (SSSR count). The standard InChI is InChI=1S/C20H17F5N2O/c21-13-7-15-17(12-5-10(6-12)9-26)18(27-19(15)16(22)8-13)11-1-3-14(4-2-11)28-20(23,24)25/h1-4,7-8,10,12,27H,5-6,9,26H2. The van der Waals surface area contributed by atoms with Crippen LogP contribution >= 0.6 is 0 Å². The van der Waals surface area contributed by atoms with Crippen molar-refractivity contribution in [1.29, 1.82) is 0 Å². The average molecular weight is 396 g/mol. The maximum Gasteiger partial charge on any atom is 0.573 e. The Morgan fingerprint density at radius 3 is 2.36 bits per heavy atom. The van der Waals surface area contributed by atoms with E-state index in [0.717, 1.165) is 24.5 Å². The van der Waals surface area contributed by atoms with Crippen molar-refractivity contribution in [1.82, 2.24) is 4.98 Å². The molecule has 8 heteroatoms. The molecular formula is C20H17F5N2O. The summed E-state index contributed by atoms with van der Waals surface area (Å²) in [6.07, 6.45) is -3.19. The van der Waals surface area contributed by atoms with Crippen LogP contribution in [0.4, 0.5) is 22.0 Å². The van der Waals surface area contributed by atoms with Gasteiger partial charge in [-0.25, -0.2) is 8.78 Å². The summed E-state index contributed by atoms with van der Waals surface area (Å²) < 4.78 is 69.1. The van der Waals surface area contributed by atoms with Crippen LogP contribution in [0.5, 0.6) is 5.75 Å². The Balaban J connectivity index is 1.79. The fraction of sp³-hybridized carbons (Fsp3) is 0.300. The number of nitrogens with two attached hydrogens (primary N) is 1. The van der Waals surface area contributed by atoms with Crippen molar-refractivity contribution in [3.05, 3.63) is 53.6 Å². The molecule has 0 bridgehead atoms. The van der Waals surface area contributed by atoms with E-state index in [9.17, 15) is 22.0 Å². The number of ether oxygens (including phenoxy) is 1. The summed E-state index contributed by atoms with van der Waals surface area (Å²) in [4.78, 5) is 2.99. The molecule has 0 saturated heterocycles. The molecule has 0 aliphatic heterocycles. The number of nitrogens with one attached hydrogen (secondary N) is 1. The lowest BCUT2D eigenvalue weighted by Gasteiger charge is -2.35. The molecule has 2 aromatic carbocycles. The molecule has 3 nitrogen and oxygen atoms in total. The highest BCUT2D eigenvalue weighted by atomic mass is 19.4. The van der Waals surface area contributed by atoms with Gasteiger partial charge < -0.3 is 15.5 Å². The third-order valence-electron chi connectivity index (χ3n) is 5.22. The Bertz CT molecular complexity index is 1000. The van der Waals surface area contributed by atoms with E-state index in [1.54, 1.807) is 0 Å². The van der Waals surface area contributed by atoms with E-state index in [1.165, 1.54) is 30.3 Å². The normalized spacial score (nSPS) is 19.6. The van der Waals surface area contributed by atoms with Crippen LogP contribution in [0.25, 0.3) is 22.2 Å². The van der Waals surface area contributed by atoms with Gasteiger partial charge in [0.1, 0.15) is 17.4 Å². The number of fused-ring (bicyclic) bond motifs is 1. The Hall–Kier alpha value is -2.61. The van der Waals surface area contributed by atoms with Crippen LogP contribution in [0.1, 0.15) is 24.3 Å². The predicted molar refractivity (Wildman–Crippen MR) is 94.9 cm³/mol. The summed E-state index contributed by atoms with van der Waals surface area (Å²) in [5.41, 5.74) is 7.77. The van der Waals surface area contributed by atoms with Crippen molar-refractivity contribution >= 4 is 10.9 Å². The Morgan fingerprint density at radius 2 is 1.75 bits per heavy atom. The number of hydrogen-bond acceptors (Lipinski definition) is 2. The van der Waals surface area contributed by atoms with Crippen LogP contribution in [-0.2, 0) is 0 Å². The van der Waals surface area contributed by atoms with Gasteiger partial charge in [0.05, 0.1) is 11.2 Å². The highest BCUT2D eigenvalue weighted by Gasteiger charge is 2.34. The van der Waals surface area contributed by atoms with Gasteiger partial charge in [0.25, 0.3) is 0 Å². The quantitative estimate of drug-likeness (QED) is 0.575. The van der Waals surface area contributed by atoms with Gasteiger partial charge in [0.15, 0.2) is 0 Å².